The first-order valence-corrected chi connectivity index (χ1v) is 8.90. The van der Waals surface area contributed by atoms with Crippen LogP contribution in [0, 0.1) is 20.8 Å². The van der Waals surface area contributed by atoms with Crippen LogP contribution in [0.1, 0.15) is 36.0 Å². The summed E-state index contributed by atoms with van der Waals surface area (Å²) in [6.45, 7) is 5.96. The Morgan fingerprint density at radius 3 is 2.35 bits per heavy atom. The number of nitrogens with zero attached hydrogens (tertiary/aromatic N) is 1. The van der Waals surface area contributed by atoms with Crippen molar-refractivity contribution in [3.63, 3.8) is 0 Å². The van der Waals surface area contributed by atoms with Crippen molar-refractivity contribution in [2.45, 2.75) is 44.9 Å². The van der Waals surface area contributed by atoms with Gasteiger partial charge < -0.3 is 4.90 Å². The molecule has 0 bridgehead atoms. The molecule has 2 rings (SSSR count). The Hall–Kier alpha value is -1.07. The van der Waals surface area contributed by atoms with Gasteiger partial charge in [0.25, 0.3) is 9.05 Å². The Morgan fingerprint density at radius 1 is 1.15 bits per heavy atom. The van der Waals surface area contributed by atoms with E-state index in [0.717, 1.165) is 18.4 Å². The minimum atomic E-state index is -3.83. The minimum Gasteiger partial charge on any atom is -0.312 e. The highest BCUT2D eigenvalue weighted by atomic mass is 35.7. The number of benzene rings is 1. The van der Waals surface area contributed by atoms with Crippen LogP contribution in [0.25, 0.3) is 0 Å². The normalized spacial score (nSPS) is 16.6. The van der Waals surface area contributed by atoms with Crippen LogP contribution in [-0.4, -0.2) is 20.9 Å². The maximum Gasteiger partial charge on any atom is 0.261 e. The zero-order valence-electron chi connectivity index (χ0n) is 11.9. The fourth-order valence-corrected chi connectivity index (χ4v) is 4.61. The summed E-state index contributed by atoms with van der Waals surface area (Å²) in [4.78, 5) is 13.9. The van der Waals surface area contributed by atoms with Crippen LogP contribution < -0.4 is 4.90 Å². The van der Waals surface area contributed by atoms with E-state index in [-0.39, 0.29) is 10.8 Å². The molecule has 1 fully saturated rings. The number of amides is 1. The van der Waals surface area contributed by atoms with Crippen molar-refractivity contribution in [2.75, 3.05) is 11.4 Å². The summed E-state index contributed by atoms with van der Waals surface area (Å²) in [5.41, 5.74) is 2.77. The van der Waals surface area contributed by atoms with Crippen LogP contribution in [0.15, 0.2) is 11.0 Å². The lowest BCUT2D eigenvalue weighted by molar-refractivity contribution is -0.119. The van der Waals surface area contributed by atoms with Gasteiger partial charge in [-0.3, -0.25) is 4.79 Å². The predicted molar refractivity (Wildman–Crippen MR) is 79.9 cm³/mol. The third-order valence-electron chi connectivity index (χ3n) is 3.70. The van der Waals surface area contributed by atoms with E-state index in [1.165, 1.54) is 0 Å². The molecule has 0 N–H and O–H groups in total. The van der Waals surface area contributed by atoms with Crippen molar-refractivity contribution in [1.29, 1.82) is 0 Å². The van der Waals surface area contributed by atoms with Gasteiger partial charge in [-0.1, -0.05) is 6.07 Å². The molecule has 0 spiro atoms. The molecular formula is C14H18ClNO3S. The smallest absolute Gasteiger partial charge is 0.261 e. The highest BCUT2D eigenvalue weighted by Gasteiger charge is 2.27. The molecule has 20 heavy (non-hydrogen) atoms. The first-order chi connectivity index (χ1) is 9.23. The molecule has 1 heterocycles. The van der Waals surface area contributed by atoms with Crippen LogP contribution in [0.5, 0.6) is 0 Å². The zero-order valence-corrected chi connectivity index (χ0v) is 13.4. The second kappa shape index (κ2) is 5.37. The van der Waals surface area contributed by atoms with Gasteiger partial charge >= 0.3 is 0 Å². The molecule has 0 aliphatic carbocycles. The Balaban J connectivity index is 2.68. The van der Waals surface area contributed by atoms with E-state index in [9.17, 15) is 13.2 Å². The van der Waals surface area contributed by atoms with Gasteiger partial charge in [-0.05, 0) is 50.3 Å². The van der Waals surface area contributed by atoms with Crippen LogP contribution in [0.2, 0.25) is 0 Å². The largest absolute Gasteiger partial charge is 0.312 e. The quantitative estimate of drug-likeness (QED) is 0.788. The molecule has 0 aromatic heterocycles. The van der Waals surface area contributed by atoms with Crippen molar-refractivity contribution in [3.05, 3.63) is 22.8 Å². The standard InChI is InChI=1S/C14H18ClNO3S/c1-9-8-10(2)14(20(15,18)19)11(3)13(9)16-7-5-4-6-12(16)17/h8H,4-7H2,1-3H3. The second-order valence-corrected chi connectivity index (χ2v) is 7.76. The van der Waals surface area contributed by atoms with E-state index in [1.54, 1.807) is 24.8 Å². The maximum absolute atomic E-state index is 12.1. The van der Waals surface area contributed by atoms with Crippen LogP contribution in [-0.2, 0) is 13.8 Å². The van der Waals surface area contributed by atoms with E-state index in [2.05, 4.69) is 0 Å². The van der Waals surface area contributed by atoms with Gasteiger partial charge in [0.05, 0.1) is 10.6 Å². The molecule has 0 saturated carbocycles. The fraction of sp³-hybridized carbons (Fsp3) is 0.500. The van der Waals surface area contributed by atoms with Gasteiger partial charge in [0, 0.05) is 23.6 Å². The monoisotopic (exact) mass is 315 g/mol. The summed E-state index contributed by atoms with van der Waals surface area (Å²) in [5, 5.41) is 0. The van der Waals surface area contributed by atoms with Crippen molar-refractivity contribution < 1.29 is 13.2 Å². The summed E-state index contributed by atoms with van der Waals surface area (Å²) >= 11 is 0. The number of carbonyl (C=O) groups is 1. The number of anilines is 1. The summed E-state index contributed by atoms with van der Waals surface area (Å²) in [7, 11) is 1.71. The molecule has 1 aromatic rings. The third kappa shape index (κ3) is 2.69. The Morgan fingerprint density at radius 2 is 1.80 bits per heavy atom. The Labute approximate surface area is 124 Å². The number of halogens is 1. The average Bonchev–Trinajstić information content (AvgIpc) is 2.28. The van der Waals surface area contributed by atoms with Gasteiger partial charge in [-0.15, -0.1) is 0 Å². The van der Waals surface area contributed by atoms with E-state index >= 15 is 0 Å². The van der Waals surface area contributed by atoms with Gasteiger partial charge in [0.2, 0.25) is 5.91 Å². The number of aryl methyl sites for hydroxylation is 2. The lowest BCUT2D eigenvalue weighted by atomic mass is 10.0. The summed E-state index contributed by atoms with van der Waals surface area (Å²) in [5.74, 6) is 0.0456. The number of carbonyl (C=O) groups excluding carboxylic acids is 1. The second-order valence-electron chi connectivity index (χ2n) is 5.25. The van der Waals surface area contributed by atoms with Crippen LogP contribution in [0.3, 0.4) is 0 Å². The molecule has 1 aliphatic heterocycles. The molecule has 1 aliphatic rings. The highest BCUT2D eigenvalue weighted by molar-refractivity contribution is 8.13. The number of hydrogen-bond acceptors (Lipinski definition) is 3. The molecule has 110 valence electrons. The molecule has 1 saturated heterocycles. The van der Waals surface area contributed by atoms with Crippen LogP contribution in [0.4, 0.5) is 5.69 Å². The Kier molecular flexibility index (Phi) is 4.12. The highest BCUT2D eigenvalue weighted by Crippen LogP contribution is 2.35. The molecular weight excluding hydrogens is 298 g/mol. The molecule has 0 unspecified atom stereocenters. The fourth-order valence-electron chi connectivity index (χ4n) is 2.99. The molecule has 6 heteroatoms. The van der Waals surface area contributed by atoms with E-state index in [0.29, 0.717) is 29.8 Å². The van der Waals surface area contributed by atoms with Gasteiger partial charge in [-0.2, -0.15) is 0 Å². The summed E-state index contributed by atoms with van der Waals surface area (Å²) in [6, 6.07) is 1.78. The van der Waals surface area contributed by atoms with Crippen LogP contribution >= 0.6 is 10.7 Å². The lowest BCUT2D eigenvalue weighted by Crippen LogP contribution is -2.36. The lowest BCUT2D eigenvalue weighted by Gasteiger charge is -2.30. The maximum atomic E-state index is 12.1. The Bertz CT molecular complexity index is 667. The van der Waals surface area contributed by atoms with E-state index < -0.39 is 9.05 Å². The first kappa shape index (κ1) is 15.3. The molecule has 0 atom stereocenters. The van der Waals surface area contributed by atoms with Crippen molar-refractivity contribution in [2.24, 2.45) is 0 Å². The topological polar surface area (TPSA) is 54.5 Å². The van der Waals surface area contributed by atoms with Gasteiger partial charge in [-0.25, -0.2) is 8.42 Å². The molecule has 1 amide bonds. The molecule has 4 nitrogen and oxygen atoms in total. The zero-order chi connectivity index (χ0) is 15.1. The first-order valence-electron chi connectivity index (χ1n) is 6.59. The third-order valence-corrected chi connectivity index (χ3v) is 5.28. The van der Waals surface area contributed by atoms with E-state index in [4.69, 9.17) is 10.7 Å². The van der Waals surface area contributed by atoms with Crippen molar-refractivity contribution in [1.82, 2.24) is 0 Å². The van der Waals surface area contributed by atoms with E-state index in [1.807, 2.05) is 6.92 Å². The van der Waals surface area contributed by atoms with Crippen molar-refractivity contribution >= 4 is 31.3 Å². The summed E-state index contributed by atoms with van der Waals surface area (Å²) < 4.78 is 23.5. The van der Waals surface area contributed by atoms with Crippen molar-refractivity contribution in [3.8, 4) is 0 Å². The number of rotatable bonds is 2. The summed E-state index contributed by atoms with van der Waals surface area (Å²) in [6.07, 6.45) is 2.33. The molecule has 1 aromatic carbocycles. The predicted octanol–water partition coefficient (Wildman–Crippen LogP) is 3.06. The number of hydrogen-bond donors (Lipinski definition) is 0. The van der Waals surface area contributed by atoms with Gasteiger partial charge in [0.1, 0.15) is 0 Å². The SMILES string of the molecule is Cc1cc(C)c(S(=O)(=O)Cl)c(C)c1N1CCCCC1=O. The van der Waals surface area contributed by atoms with Gasteiger partial charge in [0.15, 0.2) is 0 Å². The molecule has 0 radical (unpaired) electrons. The minimum absolute atomic E-state index is 0.0456. The number of piperidine rings is 1. The average molecular weight is 316 g/mol.